The first-order valence-corrected chi connectivity index (χ1v) is 13.3. The van der Waals surface area contributed by atoms with E-state index in [1.54, 1.807) is 19.1 Å². The standard InChI is InChI=1S/C21H27N3O5S2/c1-16-10-11-18(21(25)23-19-9-6-12-24(15-19)30(2,26)27)13-20(16)31(28,29)22-14-17-7-4-3-5-8-17/h3-5,7-8,10-11,13,19,22H,6,9,12,14-15H2,1-2H3,(H,23,25). The molecule has 0 radical (unpaired) electrons. The summed E-state index contributed by atoms with van der Waals surface area (Å²) in [4.78, 5) is 12.8. The van der Waals surface area contributed by atoms with Crippen molar-refractivity contribution in [1.29, 1.82) is 0 Å². The van der Waals surface area contributed by atoms with E-state index in [-0.39, 0.29) is 29.6 Å². The van der Waals surface area contributed by atoms with Gasteiger partial charge in [-0.3, -0.25) is 4.79 Å². The molecule has 0 saturated carbocycles. The Hall–Kier alpha value is -2.27. The van der Waals surface area contributed by atoms with Crippen LogP contribution in [0.2, 0.25) is 0 Å². The van der Waals surface area contributed by atoms with Gasteiger partial charge in [0.25, 0.3) is 5.91 Å². The quantitative estimate of drug-likeness (QED) is 0.645. The van der Waals surface area contributed by atoms with E-state index in [0.717, 1.165) is 11.8 Å². The van der Waals surface area contributed by atoms with Crippen LogP contribution in [0.3, 0.4) is 0 Å². The van der Waals surface area contributed by atoms with Gasteiger partial charge in [-0.25, -0.2) is 25.9 Å². The van der Waals surface area contributed by atoms with Crippen molar-refractivity contribution in [1.82, 2.24) is 14.3 Å². The van der Waals surface area contributed by atoms with Crippen molar-refractivity contribution in [3.05, 3.63) is 65.2 Å². The largest absolute Gasteiger partial charge is 0.348 e. The highest BCUT2D eigenvalue weighted by Gasteiger charge is 2.27. The van der Waals surface area contributed by atoms with E-state index in [1.807, 2.05) is 30.3 Å². The van der Waals surface area contributed by atoms with Gasteiger partial charge in [0.15, 0.2) is 0 Å². The van der Waals surface area contributed by atoms with Crippen molar-refractivity contribution >= 4 is 26.0 Å². The predicted molar refractivity (Wildman–Crippen MR) is 119 cm³/mol. The number of hydrogen-bond acceptors (Lipinski definition) is 5. The fourth-order valence-electron chi connectivity index (χ4n) is 3.51. The molecule has 168 valence electrons. The van der Waals surface area contributed by atoms with Crippen molar-refractivity contribution in [3.8, 4) is 0 Å². The van der Waals surface area contributed by atoms with Crippen LogP contribution in [0.5, 0.6) is 0 Å². The SMILES string of the molecule is Cc1ccc(C(=O)NC2CCCN(S(C)(=O)=O)C2)cc1S(=O)(=O)NCc1ccccc1. The van der Waals surface area contributed by atoms with E-state index in [1.165, 1.54) is 10.4 Å². The molecule has 1 aliphatic heterocycles. The first-order valence-electron chi connectivity index (χ1n) is 9.96. The second kappa shape index (κ2) is 9.47. The molecule has 3 rings (SSSR count). The molecule has 1 aliphatic rings. The van der Waals surface area contributed by atoms with E-state index >= 15 is 0 Å². The molecule has 10 heteroatoms. The number of hydrogen-bond donors (Lipinski definition) is 2. The molecule has 1 saturated heterocycles. The predicted octanol–water partition coefficient (Wildman–Crippen LogP) is 1.63. The van der Waals surface area contributed by atoms with Crippen molar-refractivity contribution in [2.75, 3.05) is 19.3 Å². The maximum Gasteiger partial charge on any atom is 0.251 e. The number of nitrogens with one attached hydrogen (secondary N) is 2. The van der Waals surface area contributed by atoms with Crippen LogP contribution in [-0.2, 0) is 26.6 Å². The topological polar surface area (TPSA) is 113 Å². The number of piperidine rings is 1. The molecule has 1 unspecified atom stereocenters. The third kappa shape index (κ3) is 6.13. The number of carbonyl (C=O) groups is 1. The van der Waals surface area contributed by atoms with Gasteiger partial charge >= 0.3 is 0 Å². The maximum atomic E-state index is 12.8. The molecule has 2 aromatic carbocycles. The number of carbonyl (C=O) groups excluding carboxylic acids is 1. The lowest BCUT2D eigenvalue weighted by Crippen LogP contribution is -2.49. The summed E-state index contributed by atoms with van der Waals surface area (Å²) in [6, 6.07) is 13.3. The van der Waals surface area contributed by atoms with Crippen LogP contribution in [-0.4, -0.2) is 52.4 Å². The van der Waals surface area contributed by atoms with Gasteiger partial charge in [-0.15, -0.1) is 0 Å². The second-order valence-corrected chi connectivity index (χ2v) is 11.4. The van der Waals surface area contributed by atoms with Gasteiger partial charge in [-0.1, -0.05) is 36.4 Å². The summed E-state index contributed by atoms with van der Waals surface area (Å²) in [6.45, 7) is 2.46. The van der Waals surface area contributed by atoms with Crippen molar-refractivity contribution in [3.63, 3.8) is 0 Å². The van der Waals surface area contributed by atoms with Crippen molar-refractivity contribution < 1.29 is 21.6 Å². The minimum atomic E-state index is -3.82. The van der Waals surface area contributed by atoms with Crippen molar-refractivity contribution in [2.45, 2.75) is 37.2 Å². The smallest absolute Gasteiger partial charge is 0.251 e. The molecule has 0 aromatic heterocycles. The Morgan fingerprint density at radius 1 is 1.10 bits per heavy atom. The third-order valence-electron chi connectivity index (χ3n) is 5.24. The van der Waals surface area contributed by atoms with Crippen LogP contribution >= 0.6 is 0 Å². The number of nitrogens with zero attached hydrogens (tertiary/aromatic N) is 1. The van der Waals surface area contributed by atoms with Gasteiger partial charge in [0.1, 0.15) is 0 Å². The second-order valence-electron chi connectivity index (χ2n) is 7.72. The molecule has 2 N–H and O–H groups in total. The normalized spacial score (nSPS) is 17.9. The zero-order valence-corrected chi connectivity index (χ0v) is 19.2. The Morgan fingerprint density at radius 2 is 1.81 bits per heavy atom. The molecule has 1 atom stereocenters. The summed E-state index contributed by atoms with van der Waals surface area (Å²) in [5.41, 5.74) is 1.56. The monoisotopic (exact) mass is 465 g/mol. The van der Waals surface area contributed by atoms with Crippen LogP contribution in [0.25, 0.3) is 0 Å². The fraction of sp³-hybridized carbons (Fsp3) is 0.381. The number of amides is 1. The van der Waals surface area contributed by atoms with Gasteiger partial charge < -0.3 is 5.32 Å². The summed E-state index contributed by atoms with van der Waals surface area (Å²) in [5.74, 6) is -0.431. The first-order chi connectivity index (χ1) is 14.6. The van der Waals surface area contributed by atoms with Gasteiger partial charge in [0, 0.05) is 31.2 Å². The summed E-state index contributed by atoms with van der Waals surface area (Å²) in [6.07, 6.45) is 2.46. The van der Waals surface area contributed by atoms with Gasteiger partial charge in [-0.2, -0.15) is 0 Å². The van der Waals surface area contributed by atoms with Gasteiger partial charge in [0.05, 0.1) is 11.2 Å². The highest BCUT2D eigenvalue weighted by atomic mass is 32.2. The zero-order chi connectivity index (χ0) is 22.6. The Labute approximate surface area is 183 Å². The van der Waals surface area contributed by atoms with Crippen LogP contribution in [0, 0.1) is 6.92 Å². The molecular formula is C21H27N3O5S2. The van der Waals surface area contributed by atoms with E-state index < -0.39 is 26.0 Å². The summed E-state index contributed by atoms with van der Waals surface area (Å²) < 4.78 is 53.1. The number of benzene rings is 2. The van der Waals surface area contributed by atoms with E-state index in [0.29, 0.717) is 24.9 Å². The van der Waals surface area contributed by atoms with Crippen molar-refractivity contribution in [2.24, 2.45) is 0 Å². The minimum absolute atomic E-state index is 0.0393. The lowest BCUT2D eigenvalue weighted by atomic mass is 10.1. The highest BCUT2D eigenvalue weighted by molar-refractivity contribution is 7.89. The van der Waals surface area contributed by atoms with Gasteiger partial charge in [0.2, 0.25) is 20.0 Å². The highest BCUT2D eigenvalue weighted by Crippen LogP contribution is 2.19. The summed E-state index contributed by atoms with van der Waals surface area (Å²) >= 11 is 0. The molecule has 2 aromatic rings. The molecule has 0 spiro atoms. The minimum Gasteiger partial charge on any atom is -0.348 e. The van der Waals surface area contributed by atoms with Crippen LogP contribution in [0.4, 0.5) is 0 Å². The third-order valence-corrected chi connectivity index (χ3v) is 8.05. The Balaban J connectivity index is 1.73. The molecular weight excluding hydrogens is 438 g/mol. The molecule has 1 heterocycles. The Kier molecular flexibility index (Phi) is 7.15. The van der Waals surface area contributed by atoms with Crippen LogP contribution < -0.4 is 10.0 Å². The zero-order valence-electron chi connectivity index (χ0n) is 17.5. The Morgan fingerprint density at radius 3 is 2.48 bits per heavy atom. The molecule has 0 aliphatic carbocycles. The number of aryl methyl sites for hydroxylation is 1. The van der Waals surface area contributed by atoms with Crippen LogP contribution in [0.1, 0.15) is 34.3 Å². The van der Waals surface area contributed by atoms with Crippen LogP contribution in [0.15, 0.2) is 53.4 Å². The number of sulfonamides is 2. The van der Waals surface area contributed by atoms with E-state index in [9.17, 15) is 21.6 Å². The van der Waals surface area contributed by atoms with Gasteiger partial charge in [-0.05, 0) is 43.0 Å². The molecule has 8 nitrogen and oxygen atoms in total. The lowest BCUT2D eigenvalue weighted by molar-refractivity contribution is 0.0921. The average Bonchev–Trinajstić information content (AvgIpc) is 2.73. The Bertz CT molecular complexity index is 1150. The molecule has 1 amide bonds. The average molecular weight is 466 g/mol. The fourth-order valence-corrected chi connectivity index (χ4v) is 5.71. The first kappa shape index (κ1) is 23.4. The number of rotatable bonds is 7. The molecule has 31 heavy (non-hydrogen) atoms. The molecule has 0 bridgehead atoms. The molecule has 1 fully saturated rings. The maximum absolute atomic E-state index is 12.8. The van der Waals surface area contributed by atoms with E-state index in [2.05, 4.69) is 10.0 Å². The lowest BCUT2D eigenvalue weighted by Gasteiger charge is -2.31. The van der Waals surface area contributed by atoms with E-state index in [4.69, 9.17) is 0 Å². The summed E-state index contributed by atoms with van der Waals surface area (Å²) in [5, 5.41) is 2.83. The summed E-state index contributed by atoms with van der Waals surface area (Å²) in [7, 11) is -7.15.